The number of Topliss-reactive ketones (excluding diaryl/α,β-unsaturated/α-hetero) is 1. The maximum absolute atomic E-state index is 11.5. The molecule has 0 saturated carbocycles. The van der Waals surface area contributed by atoms with Crippen molar-refractivity contribution in [2.75, 3.05) is 13.2 Å². The minimum Gasteiger partial charge on any atom is -0.373 e. The number of unbranched alkanes of at least 4 members (excludes halogenated alkanes) is 4. The smallest absolute Gasteiger partial charge is 0.158 e. The van der Waals surface area contributed by atoms with Gasteiger partial charge >= 0.3 is 0 Å². The zero-order chi connectivity index (χ0) is 13.8. The molecular weight excluding hydrogens is 224 g/mol. The molecule has 2 heteroatoms. The van der Waals surface area contributed by atoms with Crippen molar-refractivity contribution in [2.24, 2.45) is 11.8 Å². The van der Waals surface area contributed by atoms with Crippen molar-refractivity contribution >= 4 is 5.78 Å². The monoisotopic (exact) mass is 256 g/mol. The van der Waals surface area contributed by atoms with E-state index in [4.69, 9.17) is 4.74 Å². The Morgan fingerprint density at radius 1 is 0.889 bits per heavy atom. The molecule has 0 aliphatic rings. The lowest BCUT2D eigenvalue weighted by molar-refractivity contribution is -0.124. The Balaban J connectivity index is 3.20. The minimum atomic E-state index is 0.262. The zero-order valence-corrected chi connectivity index (χ0v) is 12.8. The summed E-state index contributed by atoms with van der Waals surface area (Å²) in [5.74, 6) is 1.60. The highest BCUT2D eigenvalue weighted by Crippen LogP contribution is 2.11. The fourth-order valence-electron chi connectivity index (χ4n) is 1.89. The van der Waals surface area contributed by atoms with Gasteiger partial charge in [-0.1, -0.05) is 59.8 Å². The molecule has 0 radical (unpaired) electrons. The normalized spacial score (nSPS) is 11.4. The first-order valence-electron chi connectivity index (χ1n) is 7.61. The predicted octanol–water partition coefficient (Wildman–Crippen LogP) is 4.61. The number of hydrogen-bond donors (Lipinski definition) is 0. The zero-order valence-electron chi connectivity index (χ0n) is 12.8. The molecule has 0 heterocycles. The van der Waals surface area contributed by atoms with Crippen LogP contribution in [0.15, 0.2) is 0 Å². The van der Waals surface area contributed by atoms with Gasteiger partial charge in [-0.25, -0.2) is 0 Å². The van der Waals surface area contributed by atoms with Crippen LogP contribution in [0.5, 0.6) is 0 Å². The van der Waals surface area contributed by atoms with Gasteiger partial charge in [0, 0.05) is 13.0 Å². The summed E-state index contributed by atoms with van der Waals surface area (Å²) in [4.78, 5) is 11.5. The van der Waals surface area contributed by atoms with Crippen molar-refractivity contribution in [3.8, 4) is 0 Å². The molecule has 0 aromatic rings. The Morgan fingerprint density at radius 3 is 2.11 bits per heavy atom. The van der Waals surface area contributed by atoms with Crippen LogP contribution in [0.4, 0.5) is 0 Å². The Bertz CT molecular complexity index is 197. The summed E-state index contributed by atoms with van der Waals surface area (Å²) in [6.07, 6.45) is 8.18. The molecule has 0 spiro atoms. The Kier molecular flexibility index (Phi) is 11.5. The van der Waals surface area contributed by atoms with Crippen molar-refractivity contribution in [1.82, 2.24) is 0 Å². The topological polar surface area (TPSA) is 26.3 Å². The lowest BCUT2D eigenvalue weighted by Gasteiger charge is -2.06. The van der Waals surface area contributed by atoms with E-state index in [1.54, 1.807) is 0 Å². The van der Waals surface area contributed by atoms with Crippen LogP contribution in [-0.2, 0) is 9.53 Å². The standard InChI is InChI=1S/C16H32O2/c1-14(2)10-8-6-5-7-9-11-16(17)13-18-12-15(3)4/h14-15H,5-13H2,1-4H3. The minimum absolute atomic E-state index is 0.262. The average molecular weight is 256 g/mol. The first kappa shape index (κ1) is 17.6. The number of rotatable bonds is 12. The molecule has 0 aliphatic heterocycles. The van der Waals surface area contributed by atoms with Crippen molar-refractivity contribution in [3.05, 3.63) is 0 Å². The van der Waals surface area contributed by atoms with Gasteiger partial charge in [0.1, 0.15) is 6.61 Å². The Hall–Kier alpha value is -0.370. The van der Waals surface area contributed by atoms with Crippen LogP contribution in [0, 0.1) is 11.8 Å². The summed E-state index contributed by atoms with van der Waals surface area (Å²) in [5.41, 5.74) is 0. The van der Waals surface area contributed by atoms with Crippen molar-refractivity contribution in [2.45, 2.75) is 72.6 Å². The van der Waals surface area contributed by atoms with Gasteiger partial charge in [0.15, 0.2) is 5.78 Å². The van der Waals surface area contributed by atoms with Crippen LogP contribution < -0.4 is 0 Å². The number of carbonyl (C=O) groups excluding carboxylic acids is 1. The van der Waals surface area contributed by atoms with Crippen LogP contribution >= 0.6 is 0 Å². The van der Waals surface area contributed by atoms with Gasteiger partial charge in [-0.2, -0.15) is 0 Å². The molecule has 0 aliphatic carbocycles. The highest BCUT2D eigenvalue weighted by Gasteiger charge is 2.03. The van der Waals surface area contributed by atoms with Crippen LogP contribution in [0.25, 0.3) is 0 Å². The van der Waals surface area contributed by atoms with Gasteiger partial charge < -0.3 is 4.74 Å². The summed E-state index contributed by atoms with van der Waals surface area (Å²) in [5, 5.41) is 0. The van der Waals surface area contributed by atoms with Crippen molar-refractivity contribution in [3.63, 3.8) is 0 Å². The lowest BCUT2D eigenvalue weighted by atomic mass is 10.0. The molecule has 0 aromatic heterocycles. The number of hydrogen-bond acceptors (Lipinski definition) is 2. The molecule has 18 heavy (non-hydrogen) atoms. The average Bonchev–Trinajstić information content (AvgIpc) is 2.26. The summed E-state index contributed by atoms with van der Waals surface area (Å²) < 4.78 is 5.33. The fourth-order valence-corrected chi connectivity index (χ4v) is 1.89. The van der Waals surface area contributed by atoms with Gasteiger partial charge in [0.05, 0.1) is 0 Å². The highest BCUT2D eigenvalue weighted by molar-refractivity contribution is 5.79. The summed E-state index contributed by atoms with van der Waals surface area (Å²) in [6.45, 7) is 9.75. The SMILES string of the molecule is CC(C)CCCCCCCC(=O)COCC(C)C. The number of carbonyl (C=O) groups is 1. The van der Waals surface area contributed by atoms with Crippen LogP contribution in [0.3, 0.4) is 0 Å². The third kappa shape index (κ3) is 13.7. The second-order valence-electron chi connectivity index (χ2n) is 6.15. The lowest BCUT2D eigenvalue weighted by Crippen LogP contribution is -2.11. The van der Waals surface area contributed by atoms with E-state index in [1.165, 1.54) is 32.1 Å². The summed E-state index contributed by atoms with van der Waals surface area (Å²) in [6, 6.07) is 0. The second-order valence-corrected chi connectivity index (χ2v) is 6.15. The van der Waals surface area contributed by atoms with Gasteiger partial charge in [0.25, 0.3) is 0 Å². The molecule has 0 amide bonds. The molecule has 2 nitrogen and oxygen atoms in total. The molecule has 0 fully saturated rings. The largest absolute Gasteiger partial charge is 0.373 e. The predicted molar refractivity (Wildman–Crippen MR) is 77.8 cm³/mol. The maximum atomic E-state index is 11.5. The molecule has 0 bridgehead atoms. The summed E-state index contributed by atoms with van der Waals surface area (Å²) >= 11 is 0. The van der Waals surface area contributed by atoms with Gasteiger partial charge in [-0.3, -0.25) is 4.79 Å². The highest BCUT2D eigenvalue weighted by atomic mass is 16.5. The van der Waals surface area contributed by atoms with Gasteiger partial charge in [0.2, 0.25) is 0 Å². The van der Waals surface area contributed by atoms with Crippen molar-refractivity contribution < 1.29 is 9.53 Å². The molecule has 0 rings (SSSR count). The molecule has 0 aromatic carbocycles. The second kappa shape index (κ2) is 11.7. The first-order valence-corrected chi connectivity index (χ1v) is 7.61. The quantitative estimate of drug-likeness (QED) is 0.476. The van der Waals surface area contributed by atoms with E-state index in [2.05, 4.69) is 27.7 Å². The van der Waals surface area contributed by atoms with E-state index >= 15 is 0 Å². The molecule has 0 N–H and O–H groups in total. The number of ether oxygens (including phenoxy) is 1. The maximum Gasteiger partial charge on any atom is 0.158 e. The van der Waals surface area contributed by atoms with E-state index in [1.807, 2.05) is 0 Å². The molecule has 0 saturated heterocycles. The Labute approximate surface area is 113 Å². The number of ketones is 1. The van der Waals surface area contributed by atoms with Crippen molar-refractivity contribution in [1.29, 1.82) is 0 Å². The van der Waals surface area contributed by atoms with E-state index in [0.29, 0.717) is 25.6 Å². The fraction of sp³-hybridized carbons (Fsp3) is 0.938. The van der Waals surface area contributed by atoms with E-state index in [0.717, 1.165) is 12.3 Å². The first-order chi connectivity index (χ1) is 8.52. The molecule has 0 unspecified atom stereocenters. The van der Waals surface area contributed by atoms with Crippen LogP contribution in [-0.4, -0.2) is 19.0 Å². The van der Waals surface area contributed by atoms with E-state index in [-0.39, 0.29) is 5.78 Å². The van der Waals surface area contributed by atoms with Gasteiger partial charge in [-0.05, 0) is 18.3 Å². The Morgan fingerprint density at radius 2 is 1.50 bits per heavy atom. The third-order valence-corrected chi connectivity index (χ3v) is 2.95. The molecular formula is C16H32O2. The van der Waals surface area contributed by atoms with Crippen LogP contribution in [0.1, 0.15) is 72.6 Å². The molecule has 0 atom stereocenters. The van der Waals surface area contributed by atoms with Gasteiger partial charge in [-0.15, -0.1) is 0 Å². The molecule has 108 valence electrons. The summed E-state index contributed by atoms with van der Waals surface area (Å²) in [7, 11) is 0. The third-order valence-electron chi connectivity index (χ3n) is 2.95. The van der Waals surface area contributed by atoms with E-state index < -0.39 is 0 Å². The van der Waals surface area contributed by atoms with Crippen LogP contribution in [0.2, 0.25) is 0 Å². The van der Waals surface area contributed by atoms with E-state index in [9.17, 15) is 4.79 Å².